The maximum absolute atomic E-state index is 11.3. The van der Waals surface area contributed by atoms with Crippen molar-refractivity contribution in [1.29, 1.82) is 0 Å². The molecule has 1 saturated carbocycles. The Morgan fingerprint density at radius 3 is 2.65 bits per heavy atom. The predicted octanol–water partition coefficient (Wildman–Crippen LogP) is 2.95. The van der Waals surface area contributed by atoms with E-state index in [0.717, 1.165) is 32.1 Å². The van der Waals surface area contributed by atoms with Crippen LogP contribution >= 0.6 is 0 Å². The van der Waals surface area contributed by atoms with E-state index in [2.05, 4.69) is 20.6 Å². The van der Waals surface area contributed by atoms with Gasteiger partial charge in [-0.25, -0.2) is 9.97 Å². The number of anilines is 2. The molecule has 1 aromatic rings. The van der Waals surface area contributed by atoms with Crippen molar-refractivity contribution in [1.82, 2.24) is 9.97 Å². The van der Waals surface area contributed by atoms with Crippen molar-refractivity contribution >= 4 is 17.3 Å². The molecule has 7 heteroatoms. The molecule has 2 N–H and O–H groups in total. The number of hydrogen-bond donors (Lipinski definition) is 2. The van der Waals surface area contributed by atoms with E-state index >= 15 is 0 Å². The topological polar surface area (TPSA) is 93.0 Å². The summed E-state index contributed by atoms with van der Waals surface area (Å²) in [5.74, 6) is 0.613. The second-order valence-electron chi connectivity index (χ2n) is 5.26. The normalized spacial score (nSPS) is 16.9. The number of hydrogen-bond acceptors (Lipinski definition) is 6. The monoisotopic (exact) mass is 279 g/mol. The maximum atomic E-state index is 11.3. The fraction of sp³-hybridized carbons (Fsp3) is 0.692. The average molecular weight is 279 g/mol. The van der Waals surface area contributed by atoms with Gasteiger partial charge in [-0.15, -0.1) is 0 Å². The van der Waals surface area contributed by atoms with Gasteiger partial charge in [0.2, 0.25) is 11.6 Å². The number of rotatable bonds is 6. The molecule has 110 valence electrons. The molecule has 0 saturated heterocycles. The Balaban J connectivity index is 2.25. The summed E-state index contributed by atoms with van der Waals surface area (Å²) in [6.07, 6.45) is 6.63. The summed E-state index contributed by atoms with van der Waals surface area (Å²) < 4.78 is 0. The van der Waals surface area contributed by atoms with Crippen molar-refractivity contribution in [3.8, 4) is 0 Å². The van der Waals surface area contributed by atoms with Crippen LogP contribution in [0.2, 0.25) is 0 Å². The van der Waals surface area contributed by atoms with Crippen LogP contribution in [0.4, 0.5) is 17.3 Å². The average Bonchev–Trinajstić information content (AvgIpc) is 2.91. The SMILES string of the molecule is CCC(C)Nc1ncnc(NC2CCCC2)c1[N+](=O)[O-]. The number of nitro groups is 1. The van der Waals surface area contributed by atoms with Gasteiger partial charge in [0.25, 0.3) is 0 Å². The lowest BCUT2D eigenvalue weighted by Gasteiger charge is -2.16. The van der Waals surface area contributed by atoms with Crippen LogP contribution in [-0.2, 0) is 0 Å². The molecule has 0 radical (unpaired) electrons. The van der Waals surface area contributed by atoms with Gasteiger partial charge in [-0.05, 0) is 26.2 Å². The second kappa shape index (κ2) is 6.49. The molecule has 0 spiro atoms. The highest BCUT2D eigenvalue weighted by Crippen LogP contribution is 2.32. The van der Waals surface area contributed by atoms with Crippen molar-refractivity contribution in [3.05, 3.63) is 16.4 Å². The van der Waals surface area contributed by atoms with Crippen molar-refractivity contribution in [3.63, 3.8) is 0 Å². The summed E-state index contributed by atoms with van der Waals surface area (Å²) in [5, 5.41) is 17.6. The molecule has 1 aromatic heterocycles. The zero-order valence-electron chi connectivity index (χ0n) is 11.9. The number of nitrogens with zero attached hydrogens (tertiary/aromatic N) is 3. The van der Waals surface area contributed by atoms with Crippen LogP contribution in [0, 0.1) is 10.1 Å². The summed E-state index contributed by atoms with van der Waals surface area (Å²) >= 11 is 0. The minimum atomic E-state index is -0.415. The first kappa shape index (κ1) is 14.5. The lowest BCUT2D eigenvalue weighted by molar-refractivity contribution is -0.383. The van der Waals surface area contributed by atoms with E-state index in [1.54, 1.807) is 0 Å². The molecule has 1 aliphatic rings. The molecule has 0 aromatic carbocycles. The van der Waals surface area contributed by atoms with Crippen LogP contribution in [0.3, 0.4) is 0 Å². The van der Waals surface area contributed by atoms with Gasteiger partial charge in [-0.3, -0.25) is 10.1 Å². The quantitative estimate of drug-likeness (QED) is 0.614. The van der Waals surface area contributed by atoms with Gasteiger partial charge in [0, 0.05) is 12.1 Å². The zero-order chi connectivity index (χ0) is 14.5. The lowest BCUT2D eigenvalue weighted by atomic mass is 10.2. The van der Waals surface area contributed by atoms with Gasteiger partial charge in [0.05, 0.1) is 4.92 Å². The predicted molar refractivity (Wildman–Crippen MR) is 77.9 cm³/mol. The summed E-state index contributed by atoms with van der Waals surface area (Å²) in [4.78, 5) is 19.0. The first-order chi connectivity index (χ1) is 9.61. The lowest BCUT2D eigenvalue weighted by Crippen LogP contribution is -2.20. The highest BCUT2D eigenvalue weighted by molar-refractivity contribution is 5.69. The molecule has 0 amide bonds. The van der Waals surface area contributed by atoms with Gasteiger partial charge < -0.3 is 10.6 Å². The molecule has 1 atom stereocenters. The van der Waals surface area contributed by atoms with Crippen molar-refractivity contribution in [2.75, 3.05) is 10.6 Å². The smallest absolute Gasteiger partial charge is 0.353 e. The van der Waals surface area contributed by atoms with E-state index in [4.69, 9.17) is 0 Å². The Hall–Kier alpha value is -1.92. The third kappa shape index (κ3) is 3.34. The maximum Gasteiger partial charge on any atom is 0.353 e. The molecule has 2 rings (SSSR count). The first-order valence-electron chi connectivity index (χ1n) is 7.14. The van der Waals surface area contributed by atoms with Crippen LogP contribution in [0.5, 0.6) is 0 Å². The van der Waals surface area contributed by atoms with Crippen LogP contribution in [-0.4, -0.2) is 27.0 Å². The second-order valence-corrected chi connectivity index (χ2v) is 5.26. The highest BCUT2D eigenvalue weighted by Gasteiger charge is 2.26. The van der Waals surface area contributed by atoms with Crippen molar-refractivity contribution < 1.29 is 4.92 Å². The van der Waals surface area contributed by atoms with E-state index in [9.17, 15) is 10.1 Å². The van der Waals surface area contributed by atoms with Crippen LogP contribution in [0.15, 0.2) is 6.33 Å². The first-order valence-corrected chi connectivity index (χ1v) is 7.14. The summed E-state index contributed by atoms with van der Waals surface area (Å²) in [6.45, 7) is 3.98. The summed E-state index contributed by atoms with van der Waals surface area (Å²) in [6, 6.07) is 0.406. The van der Waals surface area contributed by atoms with E-state index < -0.39 is 4.92 Å². The van der Waals surface area contributed by atoms with Gasteiger partial charge >= 0.3 is 5.69 Å². The molecular formula is C13H21N5O2. The van der Waals surface area contributed by atoms with Crippen LogP contribution in [0.1, 0.15) is 46.0 Å². The van der Waals surface area contributed by atoms with Gasteiger partial charge in [-0.1, -0.05) is 19.8 Å². The zero-order valence-corrected chi connectivity index (χ0v) is 11.9. The molecule has 1 unspecified atom stereocenters. The van der Waals surface area contributed by atoms with Crippen molar-refractivity contribution in [2.24, 2.45) is 0 Å². The third-order valence-electron chi connectivity index (χ3n) is 3.70. The van der Waals surface area contributed by atoms with E-state index in [-0.39, 0.29) is 17.8 Å². The molecule has 0 bridgehead atoms. The van der Waals surface area contributed by atoms with E-state index in [0.29, 0.717) is 11.6 Å². The molecule has 1 fully saturated rings. The Labute approximate surface area is 118 Å². The molecule has 0 aliphatic heterocycles. The Morgan fingerprint density at radius 2 is 2.05 bits per heavy atom. The van der Waals surface area contributed by atoms with E-state index in [1.165, 1.54) is 6.33 Å². The van der Waals surface area contributed by atoms with Crippen LogP contribution < -0.4 is 10.6 Å². The Kier molecular flexibility index (Phi) is 4.70. The minimum absolute atomic E-state index is 0.0558. The fourth-order valence-corrected chi connectivity index (χ4v) is 2.36. The van der Waals surface area contributed by atoms with Gasteiger partial charge in [0.1, 0.15) is 6.33 Å². The standard InChI is InChI=1S/C13H21N5O2/c1-3-9(2)16-12-11(18(19)20)13(15-8-14-12)17-10-6-4-5-7-10/h8-10H,3-7H2,1-2H3,(H2,14,15,16,17). The largest absolute Gasteiger partial charge is 0.362 e. The minimum Gasteiger partial charge on any atom is -0.362 e. The van der Waals surface area contributed by atoms with Gasteiger partial charge in [-0.2, -0.15) is 0 Å². The molecular weight excluding hydrogens is 258 g/mol. The molecule has 1 heterocycles. The number of nitrogens with one attached hydrogen (secondary N) is 2. The summed E-state index contributed by atoms with van der Waals surface area (Å²) in [7, 11) is 0. The molecule has 20 heavy (non-hydrogen) atoms. The third-order valence-corrected chi connectivity index (χ3v) is 3.70. The van der Waals surface area contributed by atoms with Gasteiger partial charge in [0.15, 0.2) is 0 Å². The highest BCUT2D eigenvalue weighted by atomic mass is 16.6. The summed E-state index contributed by atoms with van der Waals surface area (Å²) in [5.41, 5.74) is -0.0558. The van der Waals surface area contributed by atoms with E-state index in [1.807, 2.05) is 13.8 Å². The van der Waals surface area contributed by atoms with Crippen LogP contribution in [0.25, 0.3) is 0 Å². The van der Waals surface area contributed by atoms with Crippen molar-refractivity contribution in [2.45, 2.75) is 58.0 Å². The number of aromatic nitrogens is 2. The fourth-order valence-electron chi connectivity index (χ4n) is 2.36. The Morgan fingerprint density at radius 1 is 1.40 bits per heavy atom. The Bertz CT molecular complexity index is 474. The molecule has 7 nitrogen and oxygen atoms in total. The molecule has 1 aliphatic carbocycles.